The normalized spacial score (nSPS) is 7.22. The van der Waals surface area contributed by atoms with Crippen LogP contribution in [0.3, 0.4) is 0 Å². The third-order valence-electron chi connectivity index (χ3n) is 0.615. The summed E-state index contributed by atoms with van der Waals surface area (Å²) in [6.45, 7) is 5.67. The van der Waals surface area contributed by atoms with Crippen LogP contribution in [0.2, 0.25) is 0 Å². The van der Waals surface area contributed by atoms with Gasteiger partial charge in [0, 0.05) is 6.08 Å². The number of rotatable bonds is 3. The van der Waals surface area contributed by atoms with Crippen molar-refractivity contribution in [2.75, 3.05) is 6.61 Å². The molecule has 0 aromatic rings. The van der Waals surface area contributed by atoms with Crippen LogP contribution in [0, 0.1) is 0 Å². The van der Waals surface area contributed by atoms with Gasteiger partial charge in [-0.3, -0.25) is 0 Å². The monoisotopic (exact) mass is 131 g/mol. The maximum absolute atomic E-state index is 10.2. The van der Waals surface area contributed by atoms with Crippen LogP contribution < -0.4 is 6.15 Å². The molecule has 0 radical (unpaired) electrons. The highest BCUT2D eigenvalue weighted by Gasteiger charge is 1.89. The maximum atomic E-state index is 10.2. The second-order valence-corrected chi connectivity index (χ2v) is 1.37. The van der Waals surface area contributed by atoms with Crippen LogP contribution in [-0.2, 0) is 9.53 Å². The minimum absolute atomic E-state index is 0. The fraction of sp³-hybridized carbons (Fsp3) is 0.500. The van der Waals surface area contributed by atoms with Gasteiger partial charge in [0.05, 0.1) is 6.61 Å². The van der Waals surface area contributed by atoms with E-state index in [1.54, 1.807) is 0 Å². The number of esters is 1. The summed E-state index contributed by atoms with van der Waals surface area (Å²) in [6, 6.07) is 0. The predicted molar refractivity (Wildman–Crippen MR) is 36.5 cm³/mol. The molecule has 0 aromatic carbocycles. The fourth-order valence-electron chi connectivity index (χ4n) is 0.262. The van der Waals surface area contributed by atoms with Crippen molar-refractivity contribution >= 4 is 5.97 Å². The fourth-order valence-corrected chi connectivity index (χ4v) is 0.262. The van der Waals surface area contributed by atoms with Crippen molar-refractivity contribution in [3.05, 3.63) is 12.7 Å². The zero-order chi connectivity index (χ0) is 6.41. The molecule has 9 heavy (non-hydrogen) atoms. The largest absolute Gasteiger partial charge is 0.463 e. The van der Waals surface area contributed by atoms with Crippen molar-refractivity contribution in [1.82, 2.24) is 6.15 Å². The summed E-state index contributed by atoms with van der Waals surface area (Å²) in [4.78, 5) is 10.2. The van der Waals surface area contributed by atoms with Crippen molar-refractivity contribution in [1.29, 1.82) is 0 Å². The molecule has 0 atom stereocenters. The lowest BCUT2D eigenvalue weighted by Gasteiger charge is -1.94. The zero-order valence-corrected chi connectivity index (χ0v) is 5.72. The molecule has 3 N–H and O–H groups in total. The van der Waals surface area contributed by atoms with Crippen LogP contribution in [0.15, 0.2) is 12.7 Å². The van der Waals surface area contributed by atoms with Gasteiger partial charge >= 0.3 is 5.97 Å². The molecule has 0 heterocycles. The second-order valence-electron chi connectivity index (χ2n) is 1.37. The lowest BCUT2D eigenvalue weighted by molar-refractivity contribution is -0.137. The van der Waals surface area contributed by atoms with Crippen LogP contribution in [-0.4, -0.2) is 12.6 Å². The van der Waals surface area contributed by atoms with E-state index in [2.05, 4.69) is 11.3 Å². The van der Waals surface area contributed by atoms with E-state index in [1.807, 2.05) is 6.92 Å². The van der Waals surface area contributed by atoms with Crippen LogP contribution >= 0.6 is 0 Å². The molecule has 0 fully saturated rings. The number of carbonyl (C=O) groups excluding carboxylic acids is 1. The van der Waals surface area contributed by atoms with Crippen molar-refractivity contribution in [2.24, 2.45) is 0 Å². The van der Waals surface area contributed by atoms with E-state index in [4.69, 9.17) is 0 Å². The molecule has 0 spiro atoms. The van der Waals surface area contributed by atoms with E-state index in [0.717, 1.165) is 12.5 Å². The van der Waals surface area contributed by atoms with Gasteiger partial charge in [0.25, 0.3) is 0 Å². The summed E-state index contributed by atoms with van der Waals surface area (Å²) in [5.74, 6) is -0.341. The number of hydrogen-bond donors (Lipinski definition) is 1. The van der Waals surface area contributed by atoms with E-state index in [-0.39, 0.29) is 12.1 Å². The molecular weight excluding hydrogens is 118 g/mol. The van der Waals surface area contributed by atoms with Crippen LogP contribution in [0.1, 0.15) is 13.3 Å². The molecule has 0 saturated carbocycles. The Kier molecular flexibility index (Phi) is 8.79. The quantitative estimate of drug-likeness (QED) is 0.463. The Balaban J connectivity index is 0. The number of ether oxygens (including phenoxy) is 1. The van der Waals surface area contributed by atoms with Crippen molar-refractivity contribution < 1.29 is 9.53 Å². The van der Waals surface area contributed by atoms with Gasteiger partial charge < -0.3 is 10.9 Å². The van der Waals surface area contributed by atoms with E-state index in [0.29, 0.717) is 6.61 Å². The minimum atomic E-state index is -0.341. The summed E-state index contributed by atoms with van der Waals surface area (Å²) < 4.78 is 4.58. The Morgan fingerprint density at radius 2 is 2.33 bits per heavy atom. The molecule has 0 aromatic heterocycles. The third-order valence-corrected chi connectivity index (χ3v) is 0.615. The van der Waals surface area contributed by atoms with E-state index in [1.165, 1.54) is 0 Å². The van der Waals surface area contributed by atoms with Gasteiger partial charge in [-0.2, -0.15) is 0 Å². The van der Waals surface area contributed by atoms with E-state index in [9.17, 15) is 4.79 Å². The number of hydrogen-bond acceptors (Lipinski definition) is 3. The topological polar surface area (TPSA) is 61.3 Å². The Morgan fingerprint density at radius 3 is 2.67 bits per heavy atom. The Morgan fingerprint density at radius 1 is 1.78 bits per heavy atom. The molecule has 0 saturated heterocycles. The van der Waals surface area contributed by atoms with Crippen LogP contribution in [0.25, 0.3) is 0 Å². The highest BCUT2D eigenvalue weighted by atomic mass is 16.5. The van der Waals surface area contributed by atoms with Crippen molar-refractivity contribution in [2.45, 2.75) is 13.3 Å². The Bertz CT molecular complexity index is 91.1. The highest BCUT2D eigenvalue weighted by Crippen LogP contribution is 1.81. The van der Waals surface area contributed by atoms with Crippen molar-refractivity contribution in [3.8, 4) is 0 Å². The molecule has 54 valence electrons. The van der Waals surface area contributed by atoms with Gasteiger partial charge in [-0.25, -0.2) is 4.79 Å². The van der Waals surface area contributed by atoms with Gasteiger partial charge in [-0.05, 0) is 6.42 Å². The predicted octanol–water partition coefficient (Wildman–Crippen LogP) is 1.29. The molecule has 0 rings (SSSR count). The standard InChI is InChI=1S/C6H10O2.H3N/c1-3-5-8-6(7)4-2;/h4H,2-3,5H2,1H3;1H3. The van der Waals surface area contributed by atoms with Crippen molar-refractivity contribution in [3.63, 3.8) is 0 Å². The smallest absolute Gasteiger partial charge is 0.330 e. The van der Waals surface area contributed by atoms with Gasteiger partial charge in [-0.1, -0.05) is 13.5 Å². The molecular formula is C6H13NO2. The molecule has 0 aliphatic carbocycles. The first-order valence-corrected chi connectivity index (χ1v) is 2.60. The summed E-state index contributed by atoms with van der Waals surface area (Å²) in [5.41, 5.74) is 0. The average molecular weight is 131 g/mol. The molecule has 0 unspecified atom stereocenters. The number of carbonyl (C=O) groups is 1. The lowest BCUT2D eigenvalue weighted by atomic mass is 10.5. The minimum Gasteiger partial charge on any atom is -0.463 e. The zero-order valence-electron chi connectivity index (χ0n) is 5.72. The SMILES string of the molecule is C=CC(=O)OCCC.N. The van der Waals surface area contributed by atoms with Gasteiger partial charge in [0.15, 0.2) is 0 Å². The summed E-state index contributed by atoms with van der Waals surface area (Å²) >= 11 is 0. The average Bonchev–Trinajstić information content (AvgIpc) is 1.83. The molecule has 0 amide bonds. The first-order chi connectivity index (χ1) is 3.81. The molecule has 0 aliphatic rings. The third kappa shape index (κ3) is 7.17. The first kappa shape index (κ1) is 11.0. The van der Waals surface area contributed by atoms with Crippen LogP contribution in [0.5, 0.6) is 0 Å². The Hall–Kier alpha value is -0.830. The summed E-state index contributed by atoms with van der Waals surface area (Å²) in [7, 11) is 0. The molecule has 0 bridgehead atoms. The highest BCUT2D eigenvalue weighted by molar-refractivity contribution is 5.81. The first-order valence-electron chi connectivity index (χ1n) is 2.60. The van der Waals surface area contributed by atoms with Gasteiger partial charge in [0.2, 0.25) is 0 Å². The Labute approximate surface area is 55.3 Å². The summed E-state index contributed by atoms with van der Waals surface area (Å²) in [5, 5.41) is 0. The van der Waals surface area contributed by atoms with Crippen LogP contribution in [0.4, 0.5) is 0 Å². The van der Waals surface area contributed by atoms with E-state index < -0.39 is 0 Å². The summed E-state index contributed by atoms with van der Waals surface area (Å²) in [6.07, 6.45) is 2.02. The molecule has 3 heteroatoms. The van der Waals surface area contributed by atoms with Gasteiger partial charge in [-0.15, -0.1) is 0 Å². The molecule has 0 aliphatic heterocycles. The maximum Gasteiger partial charge on any atom is 0.330 e. The van der Waals surface area contributed by atoms with Gasteiger partial charge in [0.1, 0.15) is 0 Å². The second kappa shape index (κ2) is 7.17. The lowest BCUT2D eigenvalue weighted by Crippen LogP contribution is -1.99. The molecule has 3 nitrogen and oxygen atoms in total. The van der Waals surface area contributed by atoms with E-state index >= 15 is 0 Å².